The Labute approximate surface area is 88.6 Å². The van der Waals surface area contributed by atoms with Gasteiger partial charge in [0.2, 0.25) is 0 Å². The maximum absolute atomic E-state index is 11.7. The van der Waals surface area contributed by atoms with Gasteiger partial charge in [0, 0.05) is 5.75 Å². The van der Waals surface area contributed by atoms with E-state index in [1.165, 1.54) is 0 Å². The van der Waals surface area contributed by atoms with Gasteiger partial charge in [-0.15, -0.1) is 0 Å². The number of hydrogen-bond donors (Lipinski definition) is 0. The number of unbranched alkanes of at least 4 members (excludes halogenated alkanes) is 6. The molecule has 0 aliphatic rings. The highest BCUT2D eigenvalue weighted by atomic mass is 32.2. The van der Waals surface area contributed by atoms with Crippen LogP contribution in [0.5, 0.6) is 0 Å². The largest absolute Gasteiger partial charge is 0.441 e. The van der Waals surface area contributed by atoms with Gasteiger partial charge in [-0.2, -0.15) is 13.2 Å². The Morgan fingerprint density at radius 2 is 1.36 bits per heavy atom. The van der Waals surface area contributed by atoms with Gasteiger partial charge < -0.3 is 0 Å². The Kier molecular flexibility index (Phi) is 8.53. The quantitative estimate of drug-likeness (QED) is 0.536. The fourth-order valence-electron chi connectivity index (χ4n) is 1.17. The molecule has 85 valence electrons. The van der Waals surface area contributed by atoms with E-state index in [0.717, 1.165) is 38.5 Å². The molecule has 0 unspecified atom stereocenters. The van der Waals surface area contributed by atoms with Crippen molar-refractivity contribution in [2.24, 2.45) is 0 Å². The van der Waals surface area contributed by atoms with Crippen LogP contribution in [0.3, 0.4) is 0 Å². The second-order valence-corrected chi connectivity index (χ2v) is 4.43. The van der Waals surface area contributed by atoms with Crippen LogP contribution in [0.15, 0.2) is 0 Å². The van der Waals surface area contributed by atoms with Crippen molar-refractivity contribution in [2.45, 2.75) is 50.5 Å². The monoisotopic (exact) mass is 227 g/mol. The number of halogens is 3. The predicted octanol–water partition coefficient (Wildman–Crippen LogP) is 4.80. The van der Waals surface area contributed by atoms with Crippen LogP contribution in [-0.2, 0) is 0 Å². The maximum Gasteiger partial charge on any atom is 0.441 e. The highest BCUT2D eigenvalue weighted by Gasteiger charge is 2.27. The van der Waals surface area contributed by atoms with E-state index in [4.69, 9.17) is 0 Å². The summed E-state index contributed by atoms with van der Waals surface area (Å²) in [6, 6.07) is 0. The van der Waals surface area contributed by atoms with E-state index in [-0.39, 0.29) is 17.5 Å². The molecule has 0 saturated carbocycles. The average Bonchev–Trinajstić information content (AvgIpc) is 2.08. The van der Waals surface area contributed by atoms with E-state index in [2.05, 4.69) is 6.92 Å². The van der Waals surface area contributed by atoms with E-state index in [1.54, 1.807) is 0 Å². The lowest BCUT2D eigenvalue weighted by molar-refractivity contribution is -0.0328. The van der Waals surface area contributed by atoms with E-state index in [1.807, 2.05) is 0 Å². The van der Waals surface area contributed by atoms with Gasteiger partial charge in [0.1, 0.15) is 0 Å². The standard InChI is InChI=1S/C10H18F3S/c1-2-3-4-5-6-7-8-9-14-10(11,12)13/h1-9H2. The first-order valence-corrected chi connectivity index (χ1v) is 6.05. The van der Waals surface area contributed by atoms with Gasteiger partial charge in [0.25, 0.3) is 0 Å². The van der Waals surface area contributed by atoms with E-state index in [0.29, 0.717) is 6.42 Å². The zero-order valence-electron chi connectivity index (χ0n) is 8.41. The summed E-state index contributed by atoms with van der Waals surface area (Å²) >= 11 is 0.0919. The molecule has 0 nitrogen and oxygen atoms in total. The van der Waals surface area contributed by atoms with Crippen molar-refractivity contribution in [3.63, 3.8) is 0 Å². The molecule has 0 amide bonds. The first-order valence-electron chi connectivity index (χ1n) is 5.06. The Balaban J connectivity index is 2.99. The highest BCUT2D eigenvalue weighted by molar-refractivity contribution is 8.00. The van der Waals surface area contributed by atoms with Crippen LogP contribution in [0, 0.1) is 6.92 Å². The third kappa shape index (κ3) is 12.1. The summed E-state index contributed by atoms with van der Waals surface area (Å²) in [5.74, 6) is 0.207. The molecule has 4 heteroatoms. The van der Waals surface area contributed by atoms with Gasteiger partial charge >= 0.3 is 5.51 Å². The lowest BCUT2D eigenvalue weighted by Crippen LogP contribution is -2.01. The van der Waals surface area contributed by atoms with Crippen LogP contribution in [0.1, 0.15) is 44.9 Å². The third-order valence-electron chi connectivity index (χ3n) is 1.91. The normalized spacial score (nSPS) is 12.0. The fraction of sp³-hybridized carbons (Fsp3) is 0.900. The summed E-state index contributed by atoms with van der Waals surface area (Å²) < 4.78 is 35.1. The number of hydrogen-bond acceptors (Lipinski definition) is 1. The van der Waals surface area contributed by atoms with Crippen LogP contribution < -0.4 is 0 Å². The van der Waals surface area contributed by atoms with Gasteiger partial charge in [-0.05, 0) is 6.42 Å². The first-order chi connectivity index (χ1) is 6.56. The Hall–Kier alpha value is 0.140. The summed E-state index contributed by atoms with van der Waals surface area (Å²) in [4.78, 5) is 0. The Morgan fingerprint density at radius 3 is 1.86 bits per heavy atom. The van der Waals surface area contributed by atoms with E-state index < -0.39 is 5.51 Å². The number of rotatable bonds is 8. The highest BCUT2D eigenvalue weighted by Crippen LogP contribution is 2.30. The molecular formula is C10H18F3S. The molecule has 0 N–H and O–H groups in total. The van der Waals surface area contributed by atoms with Gasteiger partial charge in [-0.1, -0.05) is 57.2 Å². The molecule has 0 spiro atoms. The summed E-state index contributed by atoms with van der Waals surface area (Å²) in [6.45, 7) is 3.73. The molecular weight excluding hydrogens is 209 g/mol. The fourth-order valence-corrected chi connectivity index (χ4v) is 1.75. The van der Waals surface area contributed by atoms with Crippen molar-refractivity contribution in [1.82, 2.24) is 0 Å². The smallest absolute Gasteiger partial charge is 0.160 e. The van der Waals surface area contributed by atoms with Crippen LogP contribution in [-0.4, -0.2) is 11.3 Å². The van der Waals surface area contributed by atoms with Crippen molar-refractivity contribution in [1.29, 1.82) is 0 Å². The lowest BCUT2D eigenvalue weighted by Gasteiger charge is -2.04. The zero-order valence-corrected chi connectivity index (χ0v) is 9.22. The van der Waals surface area contributed by atoms with Crippen LogP contribution >= 0.6 is 11.8 Å². The molecule has 0 fully saturated rings. The molecule has 0 aliphatic heterocycles. The van der Waals surface area contributed by atoms with Crippen LogP contribution in [0.2, 0.25) is 0 Å². The van der Waals surface area contributed by atoms with Gasteiger partial charge in [0.05, 0.1) is 0 Å². The van der Waals surface area contributed by atoms with Crippen molar-refractivity contribution in [3.05, 3.63) is 6.92 Å². The molecule has 0 rings (SSSR count). The first kappa shape index (κ1) is 14.1. The van der Waals surface area contributed by atoms with E-state index >= 15 is 0 Å². The second-order valence-electron chi connectivity index (χ2n) is 3.27. The Morgan fingerprint density at radius 1 is 0.857 bits per heavy atom. The molecule has 0 bridgehead atoms. The SMILES string of the molecule is [CH2]CCCCCCCCSC(F)(F)F. The second kappa shape index (κ2) is 8.45. The topological polar surface area (TPSA) is 0 Å². The van der Waals surface area contributed by atoms with Gasteiger partial charge in [0.15, 0.2) is 0 Å². The van der Waals surface area contributed by atoms with Gasteiger partial charge in [-0.25, -0.2) is 0 Å². The Bertz CT molecular complexity index is 123. The zero-order chi connectivity index (χ0) is 10.9. The number of thioether (sulfide) groups is 1. The molecule has 14 heavy (non-hydrogen) atoms. The third-order valence-corrected chi connectivity index (χ3v) is 2.73. The van der Waals surface area contributed by atoms with Gasteiger partial charge in [-0.3, -0.25) is 0 Å². The molecule has 0 aromatic heterocycles. The molecule has 0 aliphatic carbocycles. The van der Waals surface area contributed by atoms with E-state index in [9.17, 15) is 13.2 Å². The summed E-state index contributed by atoms with van der Waals surface area (Å²) in [5, 5.41) is 0. The molecule has 0 atom stereocenters. The summed E-state index contributed by atoms with van der Waals surface area (Å²) in [5.41, 5.74) is -4.05. The minimum Gasteiger partial charge on any atom is -0.160 e. The van der Waals surface area contributed by atoms with Crippen molar-refractivity contribution < 1.29 is 13.2 Å². The maximum atomic E-state index is 11.7. The van der Waals surface area contributed by atoms with Crippen LogP contribution in [0.4, 0.5) is 13.2 Å². The molecule has 0 saturated heterocycles. The van der Waals surface area contributed by atoms with Crippen molar-refractivity contribution in [2.75, 3.05) is 5.75 Å². The lowest BCUT2D eigenvalue weighted by atomic mass is 10.1. The average molecular weight is 227 g/mol. The van der Waals surface area contributed by atoms with Crippen LogP contribution in [0.25, 0.3) is 0 Å². The minimum absolute atomic E-state index is 0.0919. The molecule has 0 heterocycles. The van der Waals surface area contributed by atoms with Crippen molar-refractivity contribution in [3.8, 4) is 0 Å². The summed E-state index contributed by atoms with van der Waals surface area (Å²) in [6.07, 6.45) is 7.04. The molecule has 1 radical (unpaired) electrons. The molecule has 0 aromatic carbocycles. The predicted molar refractivity (Wildman–Crippen MR) is 56.2 cm³/mol. The van der Waals surface area contributed by atoms with Crippen molar-refractivity contribution >= 4 is 11.8 Å². The minimum atomic E-state index is -4.05. The number of alkyl halides is 3. The summed E-state index contributed by atoms with van der Waals surface area (Å²) in [7, 11) is 0. The molecule has 0 aromatic rings.